The van der Waals surface area contributed by atoms with Gasteiger partial charge in [-0.2, -0.15) is 0 Å². The monoisotopic (exact) mass is 184 g/mol. The third-order valence-electron chi connectivity index (χ3n) is 2.35. The fraction of sp³-hybridized carbons (Fsp3) is 0.800. The minimum Gasteiger partial charge on any atom is -0.392 e. The Morgan fingerprint density at radius 2 is 2.46 bits per heavy atom. The predicted molar refractivity (Wildman–Crippen MR) is 54.7 cm³/mol. The molecule has 0 radical (unpaired) electrons. The Morgan fingerprint density at radius 3 is 3.08 bits per heavy atom. The molecular weight excluding hydrogens is 164 g/mol. The molecule has 2 N–H and O–H groups in total. The molecule has 1 saturated heterocycles. The van der Waals surface area contributed by atoms with Crippen molar-refractivity contribution >= 4 is 0 Å². The van der Waals surface area contributed by atoms with Gasteiger partial charge in [-0.25, -0.2) is 0 Å². The van der Waals surface area contributed by atoms with Crippen molar-refractivity contribution in [3.8, 4) is 0 Å². The van der Waals surface area contributed by atoms with E-state index in [1.54, 1.807) is 0 Å². The van der Waals surface area contributed by atoms with Crippen molar-refractivity contribution in [1.82, 2.24) is 10.2 Å². The molecule has 0 aromatic rings. The van der Waals surface area contributed by atoms with Gasteiger partial charge in [-0.05, 0) is 32.0 Å². The molecule has 1 aliphatic rings. The summed E-state index contributed by atoms with van der Waals surface area (Å²) >= 11 is 0. The zero-order chi connectivity index (χ0) is 9.68. The fourth-order valence-corrected chi connectivity index (χ4v) is 1.80. The maximum absolute atomic E-state index is 9.44. The van der Waals surface area contributed by atoms with Gasteiger partial charge in [0.1, 0.15) is 0 Å². The van der Waals surface area contributed by atoms with Crippen molar-refractivity contribution < 1.29 is 5.11 Å². The van der Waals surface area contributed by atoms with E-state index >= 15 is 0 Å². The van der Waals surface area contributed by atoms with E-state index in [9.17, 15) is 5.11 Å². The number of hydrogen-bond acceptors (Lipinski definition) is 3. The maximum atomic E-state index is 9.44. The van der Waals surface area contributed by atoms with Crippen LogP contribution in [-0.2, 0) is 0 Å². The number of rotatable bonds is 4. The Bertz CT molecular complexity index is 170. The van der Waals surface area contributed by atoms with Crippen LogP contribution in [0.5, 0.6) is 0 Å². The van der Waals surface area contributed by atoms with Crippen LogP contribution in [0.4, 0.5) is 0 Å². The van der Waals surface area contributed by atoms with Crippen LogP contribution in [0.15, 0.2) is 12.2 Å². The quantitative estimate of drug-likeness (QED) is 0.613. The van der Waals surface area contributed by atoms with Gasteiger partial charge in [0.2, 0.25) is 0 Å². The Labute approximate surface area is 80.4 Å². The minimum absolute atomic E-state index is 0.129. The standard InChI is InChI=1S/C10H20N2O/c1-9(6-11-2)7-12-5-3-4-10(13)8-12/h10-11,13H,1,3-8H2,2H3. The summed E-state index contributed by atoms with van der Waals surface area (Å²) in [6.07, 6.45) is 1.93. The second-order valence-corrected chi connectivity index (χ2v) is 3.81. The van der Waals surface area contributed by atoms with Gasteiger partial charge in [-0.3, -0.25) is 4.90 Å². The highest BCUT2D eigenvalue weighted by Gasteiger charge is 2.17. The molecule has 0 amide bonds. The van der Waals surface area contributed by atoms with E-state index in [-0.39, 0.29) is 6.10 Å². The van der Waals surface area contributed by atoms with Crippen LogP contribution >= 0.6 is 0 Å². The number of nitrogens with zero attached hydrogens (tertiary/aromatic N) is 1. The van der Waals surface area contributed by atoms with Gasteiger partial charge in [0.25, 0.3) is 0 Å². The molecule has 0 spiro atoms. The highest BCUT2D eigenvalue weighted by Crippen LogP contribution is 2.10. The van der Waals surface area contributed by atoms with E-state index in [1.807, 2.05) is 7.05 Å². The zero-order valence-corrected chi connectivity index (χ0v) is 8.42. The van der Waals surface area contributed by atoms with Crippen LogP contribution in [-0.4, -0.2) is 49.3 Å². The lowest BCUT2D eigenvalue weighted by molar-refractivity contribution is 0.0756. The summed E-state index contributed by atoms with van der Waals surface area (Å²) < 4.78 is 0. The number of β-amino-alcohol motifs (C(OH)–C–C–N with tert-alkyl or cyclic N) is 1. The largest absolute Gasteiger partial charge is 0.392 e. The Hall–Kier alpha value is -0.380. The molecule has 76 valence electrons. The summed E-state index contributed by atoms with van der Waals surface area (Å²) in [5.41, 5.74) is 1.19. The Kier molecular flexibility index (Phi) is 4.42. The molecule has 0 aromatic heterocycles. The molecule has 3 heteroatoms. The summed E-state index contributed by atoms with van der Waals surface area (Å²) in [5, 5.41) is 12.5. The molecule has 13 heavy (non-hydrogen) atoms. The van der Waals surface area contributed by atoms with Crippen LogP contribution < -0.4 is 5.32 Å². The van der Waals surface area contributed by atoms with Gasteiger partial charge in [0.15, 0.2) is 0 Å². The number of piperidine rings is 1. The number of likely N-dealkylation sites (N-methyl/N-ethyl adjacent to an activating group) is 1. The van der Waals surface area contributed by atoms with Crippen LogP contribution in [0.1, 0.15) is 12.8 Å². The first-order valence-electron chi connectivity index (χ1n) is 4.94. The molecule has 1 atom stereocenters. The molecule has 1 aliphatic heterocycles. The highest BCUT2D eigenvalue weighted by molar-refractivity contribution is 5.00. The molecule has 0 saturated carbocycles. The van der Waals surface area contributed by atoms with Crippen molar-refractivity contribution in [2.24, 2.45) is 0 Å². The lowest BCUT2D eigenvalue weighted by Gasteiger charge is -2.30. The van der Waals surface area contributed by atoms with E-state index in [0.717, 1.165) is 39.0 Å². The Balaban J connectivity index is 2.23. The summed E-state index contributed by atoms with van der Waals surface area (Å²) in [6.45, 7) is 7.67. The van der Waals surface area contributed by atoms with E-state index < -0.39 is 0 Å². The van der Waals surface area contributed by atoms with E-state index in [1.165, 1.54) is 5.57 Å². The highest BCUT2D eigenvalue weighted by atomic mass is 16.3. The summed E-state index contributed by atoms with van der Waals surface area (Å²) in [6, 6.07) is 0. The van der Waals surface area contributed by atoms with Crippen molar-refractivity contribution in [2.45, 2.75) is 18.9 Å². The van der Waals surface area contributed by atoms with E-state index in [4.69, 9.17) is 0 Å². The predicted octanol–water partition coefficient (Wildman–Crippen LogP) is 0.219. The normalized spacial score (nSPS) is 24.6. The number of likely N-dealkylation sites (tertiary alicyclic amines) is 1. The average Bonchev–Trinajstić information content (AvgIpc) is 2.04. The second-order valence-electron chi connectivity index (χ2n) is 3.81. The fourth-order valence-electron chi connectivity index (χ4n) is 1.80. The van der Waals surface area contributed by atoms with E-state index in [0.29, 0.717) is 0 Å². The van der Waals surface area contributed by atoms with Gasteiger partial charge in [-0.1, -0.05) is 6.58 Å². The Morgan fingerprint density at radius 1 is 1.69 bits per heavy atom. The molecular formula is C10H20N2O. The zero-order valence-electron chi connectivity index (χ0n) is 8.42. The number of aliphatic hydroxyl groups excluding tert-OH is 1. The molecule has 0 aromatic carbocycles. The third kappa shape index (κ3) is 3.89. The van der Waals surface area contributed by atoms with Crippen LogP contribution in [0, 0.1) is 0 Å². The molecule has 3 nitrogen and oxygen atoms in total. The molecule has 1 unspecified atom stereocenters. The third-order valence-corrected chi connectivity index (χ3v) is 2.35. The van der Waals surface area contributed by atoms with Crippen LogP contribution in [0.2, 0.25) is 0 Å². The molecule has 0 aliphatic carbocycles. The molecule has 0 bridgehead atoms. The molecule has 1 fully saturated rings. The van der Waals surface area contributed by atoms with Gasteiger partial charge in [0.05, 0.1) is 6.10 Å². The number of hydrogen-bond donors (Lipinski definition) is 2. The summed E-state index contributed by atoms with van der Waals surface area (Å²) in [4.78, 5) is 2.27. The smallest absolute Gasteiger partial charge is 0.0667 e. The maximum Gasteiger partial charge on any atom is 0.0667 e. The lowest BCUT2D eigenvalue weighted by Crippen LogP contribution is -2.39. The molecule has 1 rings (SSSR count). The van der Waals surface area contributed by atoms with Crippen LogP contribution in [0.25, 0.3) is 0 Å². The van der Waals surface area contributed by atoms with Crippen LogP contribution in [0.3, 0.4) is 0 Å². The second kappa shape index (κ2) is 5.37. The van der Waals surface area contributed by atoms with Gasteiger partial charge < -0.3 is 10.4 Å². The van der Waals surface area contributed by atoms with Crippen molar-refractivity contribution in [1.29, 1.82) is 0 Å². The number of nitrogens with one attached hydrogen (secondary N) is 1. The van der Waals surface area contributed by atoms with Crippen molar-refractivity contribution in [3.63, 3.8) is 0 Å². The molecule has 1 heterocycles. The van der Waals surface area contributed by atoms with Crippen molar-refractivity contribution in [3.05, 3.63) is 12.2 Å². The van der Waals surface area contributed by atoms with Gasteiger partial charge in [0, 0.05) is 19.6 Å². The SMILES string of the molecule is C=C(CNC)CN1CCCC(O)C1. The van der Waals surface area contributed by atoms with Gasteiger partial charge >= 0.3 is 0 Å². The first-order valence-corrected chi connectivity index (χ1v) is 4.94. The van der Waals surface area contributed by atoms with Gasteiger partial charge in [-0.15, -0.1) is 0 Å². The summed E-state index contributed by atoms with van der Waals surface area (Å²) in [5.74, 6) is 0. The van der Waals surface area contributed by atoms with E-state index in [2.05, 4.69) is 16.8 Å². The first-order chi connectivity index (χ1) is 6.22. The minimum atomic E-state index is -0.129. The van der Waals surface area contributed by atoms with Crippen molar-refractivity contribution in [2.75, 3.05) is 33.2 Å². The summed E-state index contributed by atoms with van der Waals surface area (Å²) in [7, 11) is 1.93. The number of aliphatic hydroxyl groups is 1. The topological polar surface area (TPSA) is 35.5 Å². The first kappa shape index (κ1) is 10.7. The lowest BCUT2D eigenvalue weighted by atomic mass is 10.1. The average molecular weight is 184 g/mol.